The molecule has 0 atom stereocenters. The number of carbonyl (C=O) groups excluding carboxylic acids is 1. The van der Waals surface area contributed by atoms with Crippen LogP contribution in [-0.2, 0) is 9.53 Å². The molecule has 0 bridgehead atoms. The second-order valence-electron chi connectivity index (χ2n) is 4.94. The van der Waals surface area contributed by atoms with Gasteiger partial charge in [-0.1, -0.05) is 39.0 Å². The van der Waals surface area contributed by atoms with Crippen LogP contribution in [0.25, 0.3) is 0 Å². The van der Waals surface area contributed by atoms with Crippen molar-refractivity contribution in [3.8, 4) is 0 Å². The van der Waals surface area contributed by atoms with Crippen molar-refractivity contribution < 1.29 is 9.53 Å². The lowest BCUT2D eigenvalue weighted by Gasteiger charge is -2.17. The lowest BCUT2D eigenvalue weighted by atomic mass is 9.99. The van der Waals surface area contributed by atoms with Crippen molar-refractivity contribution in [1.82, 2.24) is 0 Å². The summed E-state index contributed by atoms with van der Waals surface area (Å²) in [5.41, 5.74) is 0.942. The zero-order valence-corrected chi connectivity index (χ0v) is 10.1. The Morgan fingerprint density at radius 2 is 1.88 bits per heavy atom. The molecule has 0 aliphatic heterocycles. The molecule has 1 N–H and O–H groups in total. The SMILES string of the molecule is CC(C)(C)COC(=O)CNc1ccccc1. The van der Waals surface area contributed by atoms with E-state index in [1.54, 1.807) is 0 Å². The van der Waals surface area contributed by atoms with E-state index in [1.165, 1.54) is 0 Å². The fraction of sp³-hybridized carbons (Fsp3) is 0.462. The van der Waals surface area contributed by atoms with Gasteiger partial charge in [-0.15, -0.1) is 0 Å². The maximum absolute atomic E-state index is 11.4. The maximum Gasteiger partial charge on any atom is 0.325 e. The van der Waals surface area contributed by atoms with E-state index in [-0.39, 0.29) is 17.9 Å². The molecule has 1 aromatic carbocycles. The van der Waals surface area contributed by atoms with Gasteiger partial charge in [0, 0.05) is 5.69 Å². The van der Waals surface area contributed by atoms with Crippen LogP contribution in [0.15, 0.2) is 30.3 Å². The molecule has 0 radical (unpaired) electrons. The molecule has 1 aromatic rings. The molecule has 3 heteroatoms. The largest absolute Gasteiger partial charge is 0.464 e. The van der Waals surface area contributed by atoms with Crippen LogP contribution in [0.3, 0.4) is 0 Å². The van der Waals surface area contributed by atoms with Crippen LogP contribution in [-0.4, -0.2) is 19.1 Å². The molecule has 0 heterocycles. The Bertz CT molecular complexity index is 328. The summed E-state index contributed by atoms with van der Waals surface area (Å²) >= 11 is 0. The molecule has 1 rings (SSSR count). The van der Waals surface area contributed by atoms with Crippen LogP contribution in [0.1, 0.15) is 20.8 Å². The Kier molecular flexibility index (Phi) is 4.35. The van der Waals surface area contributed by atoms with E-state index >= 15 is 0 Å². The minimum absolute atomic E-state index is 0.0163. The molecule has 0 saturated carbocycles. The third-order valence-corrected chi connectivity index (χ3v) is 1.88. The van der Waals surface area contributed by atoms with Crippen molar-refractivity contribution in [2.75, 3.05) is 18.5 Å². The van der Waals surface area contributed by atoms with Crippen LogP contribution >= 0.6 is 0 Å². The minimum atomic E-state index is -0.223. The third-order valence-electron chi connectivity index (χ3n) is 1.88. The van der Waals surface area contributed by atoms with Gasteiger partial charge in [0.05, 0.1) is 6.61 Å². The number of benzene rings is 1. The maximum atomic E-state index is 11.4. The van der Waals surface area contributed by atoms with Crippen LogP contribution in [0, 0.1) is 5.41 Å². The van der Waals surface area contributed by atoms with Gasteiger partial charge in [0.25, 0.3) is 0 Å². The van der Waals surface area contributed by atoms with Gasteiger partial charge >= 0.3 is 5.97 Å². The van der Waals surface area contributed by atoms with Gasteiger partial charge in [-0.25, -0.2) is 0 Å². The number of carbonyl (C=O) groups is 1. The fourth-order valence-corrected chi connectivity index (χ4v) is 1.08. The monoisotopic (exact) mass is 221 g/mol. The van der Waals surface area contributed by atoms with E-state index in [0.29, 0.717) is 6.61 Å². The van der Waals surface area contributed by atoms with Crippen molar-refractivity contribution in [2.24, 2.45) is 5.41 Å². The first-order valence-corrected chi connectivity index (χ1v) is 5.42. The van der Waals surface area contributed by atoms with Gasteiger partial charge in [-0.05, 0) is 17.5 Å². The topological polar surface area (TPSA) is 38.3 Å². The van der Waals surface area contributed by atoms with Crippen molar-refractivity contribution in [1.29, 1.82) is 0 Å². The van der Waals surface area contributed by atoms with E-state index in [4.69, 9.17) is 4.74 Å². The number of nitrogens with one attached hydrogen (secondary N) is 1. The fourth-order valence-electron chi connectivity index (χ4n) is 1.08. The Hall–Kier alpha value is -1.51. The first-order valence-electron chi connectivity index (χ1n) is 5.42. The lowest BCUT2D eigenvalue weighted by Crippen LogP contribution is -2.23. The van der Waals surface area contributed by atoms with Crippen molar-refractivity contribution >= 4 is 11.7 Å². The number of ether oxygens (including phenoxy) is 1. The lowest BCUT2D eigenvalue weighted by molar-refractivity contribution is -0.144. The highest BCUT2D eigenvalue weighted by Gasteiger charge is 2.13. The molecule has 0 unspecified atom stereocenters. The van der Waals surface area contributed by atoms with Crippen LogP contribution in [0.5, 0.6) is 0 Å². The molecule has 3 nitrogen and oxygen atoms in total. The minimum Gasteiger partial charge on any atom is -0.464 e. The number of hydrogen-bond donors (Lipinski definition) is 1. The average Bonchev–Trinajstić information content (AvgIpc) is 2.24. The second kappa shape index (κ2) is 5.54. The highest BCUT2D eigenvalue weighted by molar-refractivity contribution is 5.74. The van der Waals surface area contributed by atoms with Gasteiger partial charge in [-0.3, -0.25) is 4.79 Å². The molecule has 0 aliphatic rings. The van der Waals surface area contributed by atoms with Gasteiger partial charge in [0.15, 0.2) is 0 Å². The summed E-state index contributed by atoms with van der Waals surface area (Å²) in [4.78, 5) is 11.4. The van der Waals surface area contributed by atoms with E-state index in [9.17, 15) is 4.79 Å². The molecular formula is C13H19NO2. The third kappa shape index (κ3) is 5.39. The molecule has 0 fully saturated rings. The predicted molar refractivity (Wildman–Crippen MR) is 65.3 cm³/mol. The van der Waals surface area contributed by atoms with Crippen LogP contribution < -0.4 is 5.32 Å². The van der Waals surface area contributed by atoms with Gasteiger partial charge < -0.3 is 10.1 Å². The Morgan fingerprint density at radius 3 is 2.44 bits per heavy atom. The van der Waals surface area contributed by atoms with E-state index in [2.05, 4.69) is 5.32 Å². The standard InChI is InChI=1S/C13H19NO2/c1-13(2,3)10-16-12(15)9-14-11-7-5-4-6-8-11/h4-8,14H,9-10H2,1-3H3. The summed E-state index contributed by atoms with van der Waals surface area (Å²) in [7, 11) is 0. The smallest absolute Gasteiger partial charge is 0.325 e. The first kappa shape index (κ1) is 12.6. The number of anilines is 1. The summed E-state index contributed by atoms with van der Waals surface area (Å²) in [6.45, 7) is 6.75. The average molecular weight is 221 g/mol. The predicted octanol–water partition coefficient (Wildman–Crippen LogP) is 2.69. The normalized spacial score (nSPS) is 10.9. The van der Waals surface area contributed by atoms with Gasteiger partial charge in [-0.2, -0.15) is 0 Å². The van der Waals surface area contributed by atoms with Crippen molar-refractivity contribution in [2.45, 2.75) is 20.8 Å². The van der Waals surface area contributed by atoms with Crippen molar-refractivity contribution in [3.63, 3.8) is 0 Å². The molecule has 0 amide bonds. The molecular weight excluding hydrogens is 202 g/mol. The van der Waals surface area contributed by atoms with Crippen LogP contribution in [0.2, 0.25) is 0 Å². The molecule has 0 saturated heterocycles. The molecule has 0 aliphatic carbocycles. The van der Waals surface area contributed by atoms with E-state index in [1.807, 2.05) is 51.1 Å². The number of esters is 1. The zero-order chi connectivity index (χ0) is 12.0. The Morgan fingerprint density at radius 1 is 1.25 bits per heavy atom. The summed E-state index contributed by atoms with van der Waals surface area (Å²) < 4.78 is 5.13. The molecule has 16 heavy (non-hydrogen) atoms. The summed E-state index contributed by atoms with van der Waals surface area (Å²) in [6.07, 6.45) is 0. The summed E-state index contributed by atoms with van der Waals surface area (Å²) in [6, 6.07) is 9.60. The Balaban J connectivity index is 2.26. The number of hydrogen-bond acceptors (Lipinski definition) is 3. The van der Waals surface area contributed by atoms with Crippen molar-refractivity contribution in [3.05, 3.63) is 30.3 Å². The number of para-hydroxylation sites is 1. The molecule has 0 aromatic heterocycles. The van der Waals surface area contributed by atoms with E-state index in [0.717, 1.165) is 5.69 Å². The zero-order valence-electron chi connectivity index (χ0n) is 10.1. The summed E-state index contributed by atoms with van der Waals surface area (Å²) in [5, 5.41) is 3.01. The molecule has 88 valence electrons. The quantitative estimate of drug-likeness (QED) is 0.794. The molecule has 0 spiro atoms. The highest BCUT2D eigenvalue weighted by atomic mass is 16.5. The van der Waals surface area contributed by atoms with Gasteiger partial charge in [0.2, 0.25) is 0 Å². The highest BCUT2D eigenvalue weighted by Crippen LogP contribution is 2.12. The summed E-state index contributed by atoms with van der Waals surface area (Å²) in [5.74, 6) is -0.223. The number of rotatable bonds is 4. The second-order valence-corrected chi connectivity index (χ2v) is 4.94. The van der Waals surface area contributed by atoms with E-state index < -0.39 is 0 Å². The van der Waals surface area contributed by atoms with Gasteiger partial charge in [0.1, 0.15) is 6.54 Å². The van der Waals surface area contributed by atoms with Crippen LogP contribution in [0.4, 0.5) is 5.69 Å². The Labute approximate surface area is 96.8 Å². The first-order chi connectivity index (χ1) is 7.47.